The van der Waals surface area contributed by atoms with Gasteiger partial charge in [0.25, 0.3) is 0 Å². The molecule has 0 fully saturated rings. The number of carbonyl (C=O) groups is 1. The van der Waals surface area contributed by atoms with Crippen molar-refractivity contribution >= 4 is 5.78 Å². The van der Waals surface area contributed by atoms with Crippen molar-refractivity contribution in [2.24, 2.45) is 0 Å². The predicted octanol–water partition coefficient (Wildman–Crippen LogP) is 2.49. The number of rotatable bonds is 9. The summed E-state index contributed by atoms with van der Waals surface area (Å²) in [4.78, 5) is 11.6. The smallest absolute Gasteiger partial charge is 0.164 e. The van der Waals surface area contributed by atoms with Crippen LogP contribution in [0.25, 0.3) is 0 Å². The molecule has 0 rings (SSSR count). The Balaban J connectivity index is 4.07. The van der Waals surface area contributed by atoms with Crippen LogP contribution in [-0.2, 0) is 4.79 Å². The Bertz CT molecular complexity index is 280. The Hall–Kier alpha value is -0.870. The lowest BCUT2D eigenvalue weighted by Gasteiger charge is -2.17. The summed E-state index contributed by atoms with van der Waals surface area (Å²) in [6.45, 7) is 5.34. The quantitative estimate of drug-likeness (QED) is 0.438. The highest BCUT2D eigenvalue weighted by Crippen LogP contribution is 2.13. The Morgan fingerprint density at radius 2 is 1.56 bits per heavy atom. The molecule has 0 aromatic rings. The molecule has 0 saturated carbocycles. The predicted molar refractivity (Wildman–Crippen MR) is 71.4 cm³/mol. The van der Waals surface area contributed by atoms with Gasteiger partial charge >= 0.3 is 0 Å². The number of aliphatic hydroxyl groups is 3. The molecule has 18 heavy (non-hydrogen) atoms. The van der Waals surface area contributed by atoms with Crippen molar-refractivity contribution in [2.75, 3.05) is 0 Å². The SMILES string of the molecule is CCCCCCCC(=O)C(O)C(O)C(O)=C(C)C. The molecule has 0 aromatic heterocycles. The van der Waals surface area contributed by atoms with E-state index in [1.165, 1.54) is 0 Å². The maximum atomic E-state index is 11.6. The number of carbonyl (C=O) groups excluding carboxylic acids is 1. The normalized spacial score (nSPS) is 14.1. The molecule has 4 nitrogen and oxygen atoms in total. The molecule has 0 aromatic carbocycles. The molecule has 106 valence electrons. The molecule has 0 spiro atoms. The van der Waals surface area contributed by atoms with Gasteiger partial charge in [0.2, 0.25) is 0 Å². The molecule has 2 unspecified atom stereocenters. The van der Waals surface area contributed by atoms with Crippen LogP contribution in [0.2, 0.25) is 0 Å². The summed E-state index contributed by atoms with van der Waals surface area (Å²) < 4.78 is 0. The molecule has 0 bridgehead atoms. The van der Waals surface area contributed by atoms with E-state index in [1.807, 2.05) is 0 Å². The minimum atomic E-state index is -1.52. The van der Waals surface area contributed by atoms with E-state index >= 15 is 0 Å². The number of unbranched alkanes of at least 4 members (excludes halogenated alkanes) is 4. The van der Waals surface area contributed by atoms with E-state index in [9.17, 15) is 20.1 Å². The zero-order valence-electron chi connectivity index (χ0n) is 11.6. The first-order chi connectivity index (χ1) is 8.41. The molecule has 3 N–H and O–H groups in total. The zero-order chi connectivity index (χ0) is 14.1. The number of aliphatic hydroxyl groups excluding tert-OH is 3. The summed E-state index contributed by atoms with van der Waals surface area (Å²) in [5.74, 6) is -0.728. The van der Waals surface area contributed by atoms with Gasteiger partial charge in [-0.25, -0.2) is 0 Å². The molecule has 0 heterocycles. The lowest BCUT2D eigenvalue weighted by molar-refractivity contribution is -0.132. The Labute approximate surface area is 109 Å². The van der Waals surface area contributed by atoms with Crippen LogP contribution in [0.5, 0.6) is 0 Å². The number of hydrogen-bond donors (Lipinski definition) is 3. The van der Waals surface area contributed by atoms with Crippen LogP contribution in [0.1, 0.15) is 59.3 Å². The lowest BCUT2D eigenvalue weighted by atomic mass is 10.0. The summed E-state index contributed by atoms with van der Waals surface area (Å²) in [5.41, 5.74) is 0.497. The maximum absolute atomic E-state index is 11.6. The summed E-state index contributed by atoms with van der Waals surface area (Å²) in [5, 5.41) is 28.7. The Morgan fingerprint density at radius 3 is 2.06 bits per heavy atom. The summed E-state index contributed by atoms with van der Waals surface area (Å²) >= 11 is 0. The van der Waals surface area contributed by atoms with Crippen molar-refractivity contribution < 1.29 is 20.1 Å². The third kappa shape index (κ3) is 6.17. The van der Waals surface area contributed by atoms with Crippen LogP contribution in [0.4, 0.5) is 0 Å². The Morgan fingerprint density at radius 1 is 1.00 bits per heavy atom. The second kappa shape index (κ2) is 9.11. The van der Waals surface area contributed by atoms with E-state index in [0.717, 1.165) is 32.1 Å². The molecule has 0 aliphatic carbocycles. The number of ketones is 1. The van der Waals surface area contributed by atoms with Crippen LogP contribution in [-0.4, -0.2) is 33.3 Å². The number of allylic oxidation sites excluding steroid dienone is 1. The summed E-state index contributed by atoms with van der Waals surface area (Å²) in [7, 11) is 0. The largest absolute Gasteiger partial charge is 0.510 e. The van der Waals surface area contributed by atoms with E-state index in [-0.39, 0.29) is 12.2 Å². The van der Waals surface area contributed by atoms with Gasteiger partial charge in [0, 0.05) is 6.42 Å². The van der Waals surface area contributed by atoms with Crippen molar-refractivity contribution in [3.63, 3.8) is 0 Å². The first kappa shape index (κ1) is 17.1. The van der Waals surface area contributed by atoms with Gasteiger partial charge in [-0.2, -0.15) is 0 Å². The van der Waals surface area contributed by atoms with Crippen LogP contribution in [0.3, 0.4) is 0 Å². The van der Waals surface area contributed by atoms with Crippen molar-refractivity contribution in [2.45, 2.75) is 71.5 Å². The molecule has 0 aliphatic heterocycles. The van der Waals surface area contributed by atoms with Crippen molar-refractivity contribution in [3.8, 4) is 0 Å². The van der Waals surface area contributed by atoms with Crippen LogP contribution >= 0.6 is 0 Å². The maximum Gasteiger partial charge on any atom is 0.164 e. The van der Waals surface area contributed by atoms with Crippen LogP contribution < -0.4 is 0 Å². The highest BCUT2D eigenvalue weighted by atomic mass is 16.4. The van der Waals surface area contributed by atoms with Gasteiger partial charge in [-0.05, 0) is 25.8 Å². The van der Waals surface area contributed by atoms with Gasteiger partial charge < -0.3 is 15.3 Å². The van der Waals surface area contributed by atoms with Crippen molar-refractivity contribution in [1.29, 1.82) is 0 Å². The minimum absolute atomic E-state index is 0.248. The van der Waals surface area contributed by atoms with Crippen molar-refractivity contribution in [1.82, 2.24) is 0 Å². The molecule has 0 aliphatic rings. The molecule has 4 heteroatoms. The third-order valence-electron chi connectivity index (χ3n) is 2.95. The fourth-order valence-corrected chi connectivity index (χ4v) is 1.67. The minimum Gasteiger partial charge on any atom is -0.510 e. The van der Waals surface area contributed by atoms with Crippen molar-refractivity contribution in [3.05, 3.63) is 11.3 Å². The second-order valence-electron chi connectivity index (χ2n) is 4.91. The van der Waals surface area contributed by atoms with Gasteiger partial charge in [0.1, 0.15) is 18.0 Å². The van der Waals surface area contributed by atoms with E-state index in [1.54, 1.807) is 13.8 Å². The van der Waals surface area contributed by atoms with Gasteiger partial charge in [0.05, 0.1) is 0 Å². The first-order valence-corrected chi connectivity index (χ1v) is 6.67. The van der Waals surface area contributed by atoms with Crippen LogP contribution in [0, 0.1) is 0 Å². The van der Waals surface area contributed by atoms with Gasteiger partial charge in [0.15, 0.2) is 5.78 Å². The van der Waals surface area contributed by atoms with Gasteiger partial charge in [-0.3, -0.25) is 4.79 Å². The Kier molecular flexibility index (Phi) is 8.67. The van der Waals surface area contributed by atoms with Gasteiger partial charge in [-0.1, -0.05) is 32.6 Å². The monoisotopic (exact) mass is 258 g/mol. The molecular weight excluding hydrogens is 232 g/mol. The van der Waals surface area contributed by atoms with E-state index < -0.39 is 18.0 Å². The zero-order valence-corrected chi connectivity index (χ0v) is 11.6. The van der Waals surface area contributed by atoms with E-state index in [4.69, 9.17) is 0 Å². The molecule has 0 radical (unpaired) electrons. The average molecular weight is 258 g/mol. The average Bonchev–Trinajstić information content (AvgIpc) is 2.35. The highest BCUT2D eigenvalue weighted by Gasteiger charge is 2.27. The van der Waals surface area contributed by atoms with E-state index in [2.05, 4.69) is 6.92 Å². The topological polar surface area (TPSA) is 77.8 Å². The summed E-state index contributed by atoms with van der Waals surface area (Å²) in [6.07, 6.45) is 2.28. The summed E-state index contributed by atoms with van der Waals surface area (Å²) in [6, 6.07) is 0. The number of hydrogen-bond acceptors (Lipinski definition) is 4. The fourth-order valence-electron chi connectivity index (χ4n) is 1.67. The lowest BCUT2D eigenvalue weighted by Crippen LogP contribution is -2.35. The number of Topliss-reactive ketones (excluding diaryl/α,β-unsaturated/α-hetero) is 1. The molecule has 2 atom stereocenters. The standard InChI is InChI=1S/C14H26O4/c1-4-5-6-7-8-9-11(15)13(17)14(18)12(16)10(2)3/h13-14,16-18H,4-9H2,1-3H3. The third-order valence-corrected chi connectivity index (χ3v) is 2.95. The van der Waals surface area contributed by atoms with E-state index in [0.29, 0.717) is 5.57 Å². The van der Waals surface area contributed by atoms with Crippen LogP contribution in [0.15, 0.2) is 11.3 Å². The fraction of sp³-hybridized carbons (Fsp3) is 0.786. The molecular formula is C14H26O4. The first-order valence-electron chi connectivity index (χ1n) is 6.67. The molecule has 0 amide bonds. The second-order valence-corrected chi connectivity index (χ2v) is 4.91. The highest BCUT2D eigenvalue weighted by molar-refractivity contribution is 5.83. The molecule has 0 saturated heterocycles. The van der Waals surface area contributed by atoms with Gasteiger partial charge in [-0.15, -0.1) is 0 Å².